The summed E-state index contributed by atoms with van der Waals surface area (Å²) in [6.07, 6.45) is 3.93. The van der Waals surface area contributed by atoms with Crippen LogP contribution in [0.25, 0.3) is 0 Å². The zero-order valence-corrected chi connectivity index (χ0v) is 16.5. The van der Waals surface area contributed by atoms with Gasteiger partial charge < -0.3 is 10.1 Å². The summed E-state index contributed by atoms with van der Waals surface area (Å²) in [5, 5.41) is 7.08. The highest BCUT2D eigenvalue weighted by molar-refractivity contribution is 5.96. The standard InChI is InChI=1S/C21H27N3O3/c1-13-20(14(2)24(4)23-13)22-21(26)15(3)27-19(25)12-16-9-10-17-7-5-6-8-18(17)11-16/h9-11,15H,5-8,12H2,1-4H3,(H,22,26)/t15-/m0/s1. The maximum atomic E-state index is 12.4. The van der Waals surface area contributed by atoms with Crippen molar-refractivity contribution in [2.24, 2.45) is 7.05 Å². The van der Waals surface area contributed by atoms with Crippen molar-refractivity contribution in [1.82, 2.24) is 9.78 Å². The van der Waals surface area contributed by atoms with E-state index in [1.165, 1.54) is 24.0 Å². The second kappa shape index (κ2) is 7.94. The van der Waals surface area contributed by atoms with E-state index in [1.807, 2.05) is 27.0 Å². The molecule has 2 aromatic rings. The summed E-state index contributed by atoms with van der Waals surface area (Å²) in [6.45, 7) is 5.29. The molecule has 0 radical (unpaired) electrons. The summed E-state index contributed by atoms with van der Waals surface area (Å²) >= 11 is 0. The molecule has 0 fully saturated rings. The molecule has 1 aromatic carbocycles. The topological polar surface area (TPSA) is 73.2 Å². The lowest BCUT2D eigenvalue weighted by Crippen LogP contribution is -2.30. The second-order valence-corrected chi connectivity index (χ2v) is 7.28. The summed E-state index contributed by atoms with van der Waals surface area (Å²) in [7, 11) is 1.82. The molecule has 1 aromatic heterocycles. The van der Waals surface area contributed by atoms with Crippen molar-refractivity contribution in [2.45, 2.75) is 59.0 Å². The number of carbonyl (C=O) groups excluding carboxylic acids is 2. The van der Waals surface area contributed by atoms with Gasteiger partial charge >= 0.3 is 5.97 Å². The van der Waals surface area contributed by atoms with Gasteiger partial charge in [0.2, 0.25) is 0 Å². The molecule has 6 nitrogen and oxygen atoms in total. The highest BCUT2D eigenvalue weighted by atomic mass is 16.5. The smallest absolute Gasteiger partial charge is 0.311 e. The molecule has 3 rings (SSSR count). The fraction of sp³-hybridized carbons (Fsp3) is 0.476. The highest BCUT2D eigenvalue weighted by Gasteiger charge is 2.21. The molecule has 0 aliphatic heterocycles. The fourth-order valence-electron chi connectivity index (χ4n) is 3.54. The lowest BCUT2D eigenvalue weighted by atomic mass is 9.90. The van der Waals surface area contributed by atoms with Gasteiger partial charge in [0.25, 0.3) is 5.91 Å². The van der Waals surface area contributed by atoms with Crippen LogP contribution in [0.15, 0.2) is 18.2 Å². The number of aryl methyl sites for hydroxylation is 4. The zero-order chi connectivity index (χ0) is 19.6. The van der Waals surface area contributed by atoms with Gasteiger partial charge in [0, 0.05) is 7.05 Å². The van der Waals surface area contributed by atoms with Gasteiger partial charge in [-0.3, -0.25) is 14.3 Å². The minimum atomic E-state index is -0.867. The van der Waals surface area contributed by atoms with Crippen LogP contribution < -0.4 is 5.32 Å². The minimum absolute atomic E-state index is 0.176. The summed E-state index contributed by atoms with van der Waals surface area (Å²) in [5.74, 6) is -0.749. The van der Waals surface area contributed by atoms with Crippen LogP contribution in [0.2, 0.25) is 0 Å². The van der Waals surface area contributed by atoms with E-state index >= 15 is 0 Å². The molecule has 1 aliphatic rings. The first-order valence-electron chi connectivity index (χ1n) is 9.46. The van der Waals surface area contributed by atoms with Gasteiger partial charge in [-0.2, -0.15) is 5.10 Å². The first-order chi connectivity index (χ1) is 12.8. The molecule has 1 aliphatic carbocycles. The summed E-state index contributed by atoms with van der Waals surface area (Å²) in [6, 6.07) is 6.20. The Morgan fingerprint density at radius 2 is 1.93 bits per heavy atom. The van der Waals surface area contributed by atoms with Crippen molar-refractivity contribution < 1.29 is 14.3 Å². The van der Waals surface area contributed by atoms with E-state index in [4.69, 9.17) is 4.74 Å². The van der Waals surface area contributed by atoms with E-state index in [9.17, 15) is 9.59 Å². The van der Waals surface area contributed by atoms with Crippen LogP contribution in [0.5, 0.6) is 0 Å². The normalized spacial score (nSPS) is 14.4. The van der Waals surface area contributed by atoms with Crippen molar-refractivity contribution in [1.29, 1.82) is 0 Å². The third-order valence-electron chi connectivity index (χ3n) is 5.20. The molecule has 1 amide bonds. The maximum Gasteiger partial charge on any atom is 0.311 e. The molecular weight excluding hydrogens is 342 g/mol. The van der Waals surface area contributed by atoms with E-state index < -0.39 is 12.1 Å². The monoisotopic (exact) mass is 369 g/mol. The predicted molar refractivity (Wildman–Crippen MR) is 104 cm³/mol. The van der Waals surface area contributed by atoms with E-state index in [-0.39, 0.29) is 12.3 Å². The average molecular weight is 369 g/mol. The van der Waals surface area contributed by atoms with Crippen molar-refractivity contribution in [2.75, 3.05) is 5.32 Å². The van der Waals surface area contributed by atoms with E-state index in [2.05, 4.69) is 22.5 Å². The SMILES string of the molecule is Cc1nn(C)c(C)c1NC(=O)[C@H](C)OC(=O)Cc1ccc2c(c1)CCCC2. The number of nitrogens with one attached hydrogen (secondary N) is 1. The van der Waals surface area contributed by atoms with Gasteiger partial charge in [-0.05, 0) is 63.1 Å². The number of hydrogen-bond acceptors (Lipinski definition) is 4. The Morgan fingerprint density at radius 3 is 2.59 bits per heavy atom. The van der Waals surface area contributed by atoms with Gasteiger partial charge in [-0.15, -0.1) is 0 Å². The van der Waals surface area contributed by atoms with Crippen LogP contribution in [0.4, 0.5) is 5.69 Å². The number of ether oxygens (including phenoxy) is 1. The Bertz CT molecular complexity index is 870. The molecule has 6 heteroatoms. The average Bonchev–Trinajstić information content (AvgIpc) is 2.87. The minimum Gasteiger partial charge on any atom is -0.452 e. The highest BCUT2D eigenvalue weighted by Crippen LogP contribution is 2.23. The Kier molecular flexibility index (Phi) is 5.63. The molecule has 1 heterocycles. The van der Waals surface area contributed by atoms with E-state index in [0.717, 1.165) is 29.8 Å². The van der Waals surface area contributed by atoms with Gasteiger partial charge in [0.15, 0.2) is 6.10 Å². The zero-order valence-electron chi connectivity index (χ0n) is 16.5. The molecule has 1 N–H and O–H groups in total. The number of nitrogens with zero attached hydrogens (tertiary/aromatic N) is 2. The molecular formula is C21H27N3O3. The number of hydrogen-bond donors (Lipinski definition) is 1. The number of fused-ring (bicyclic) bond motifs is 1. The molecule has 27 heavy (non-hydrogen) atoms. The van der Waals surface area contributed by atoms with Gasteiger partial charge in [-0.1, -0.05) is 18.2 Å². The molecule has 144 valence electrons. The molecule has 0 saturated heterocycles. The maximum absolute atomic E-state index is 12.4. The molecule has 1 atom stereocenters. The molecule has 0 saturated carbocycles. The summed E-state index contributed by atoms with van der Waals surface area (Å²) < 4.78 is 7.05. The van der Waals surface area contributed by atoms with Crippen molar-refractivity contribution in [3.05, 3.63) is 46.3 Å². The van der Waals surface area contributed by atoms with Crippen LogP contribution in [-0.2, 0) is 40.6 Å². The van der Waals surface area contributed by atoms with Crippen LogP contribution in [-0.4, -0.2) is 27.8 Å². The third kappa shape index (κ3) is 4.38. The van der Waals surface area contributed by atoms with E-state index in [0.29, 0.717) is 5.69 Å². The number of aromatic nitrogens is 2. The number of carbonyl (C=O) groups is 2. The molecule has 0 spiro atoms. The number of amides is 1. The van der Waals surface area contributed by atoms with Gasteiger partial charge in [0.1, 0.15) is 0 Å². The largest absolute Gasteiger partial charge is 0.452 e. The number of benzene rings is 1. The Hall–Kier alpha value is -2.63. The van der Waals surface area contributed by atoms with Gasteiger partial charge in [-0.25, -0.2) is 0 Å². The summed E-state index contributed by atoms with van der Waals surface area (Å²) in [4.78, 5) is 24.6. The van der Waals surface area contributed by atoms with Crippen molar-refractivity contribution in [3.63, 3.8) is 0 Å². The van der Waals surface area contributed by atoms with Crippen LogP contribution >= 0.6 is 0 Å². The molecule has 0 bridgehead atoms. The van der Waals surface area contributed by atoms with Crippen molar-refractivity contribution >= 4 is 17.6 Å². The van der Waals surface area contributed by atoms with Gasteiger partial charge in [0.05, 0.1) is 23.5 Å². The second-order valence-electron chi connectivity index (χ2n) is 7.28. The first kappa shape index (κ1) is 19.1. The third-order valence-corrected chi connectivity index (χ3v) is 5.20. The summed E-state index contributed by atoms with van der Waals surface area (Å²) in [5.41, 5.74) is 5.91. The Balaban J connectivity index is 1.57. The lowest BCUT2D eigenvalue weighted by molar-refractivity contribution is -0.152. The Morgan fingerprint density at radius 1 is 1.22 bits per heavy atom. The lowest BCUT2D eigenvalue weighted by Gasteiger charge is -2.17. The van der Waals surface area contributed by atoms with E-state index in [1.54, 1.807) is 11.6 Å². The first-order valence-corrected chi connectivity index (χ1v) is 9.46. The van der Waals surface area contributed by atoms with Crippen LogP contribution in [0, 0.1) is 13.8 Å². The number of anilines is 1. The van der Waals surface area contributed by atoms with Crippen LogP contribution in [0.1, 0.15) is 47.8 Å². The Labute approximate surface area is 159 Å². The number of rotatable bonds is 5. The van der Waals surface area contributed by atoms with Crippen molar-refractivity contribution in [3.8, 4) is 0 Å². The quantitative estimate of drug-likeness (QED) is 0.822. The molecule has 0 unspecified atom stereocenters. The number of esters is 1. The predicted octanol–water partition coefficient (Wildman–Crippen LogP) is 3.03. The fourth-order valence-corrected chi connectivity index (χ4v) is 3.54. The van der Waals surface area contributed by atoms with Crippen LogP contribution in [0.3, 0.4) is 0 Å².